The van der Waals surface area contributed by atoms with Crippen LogP contribution in [0, 0.1) is 5.82 Å². The van der Waals surface area contributed by atoms with Crippen molar-refractivity contribution in [2.24, 2.45) is 4.99 Å². The molecule has 0 fully saturated rings. The standard InChI is InChI=1S/C19H17FN2O3S2/c1-25-18(24)13-5-8-15-16(11-13)27-19(22(15)9-10-26-2)21-17(23)12-3-6-14(20)7-4-12/h3-8,11H,9-10H2,1-2H3. The van der Waals surface area contributed by atoms with Gasteiger partial charge in [0.2, 0.25) is 0 Å². The van der Waals surface area contributed by atoms with E-state index in [-0.39, 0.29) is 0 Å². The maximum atomic E-state index is 13.1. The Balaban J connectivity index is 2.10. The zero-order valence-electron chi connectivity index (χ0n) is 14.8. The second-order valence-electron chi connectivity index (χ2n) is 5.63. The van der Waals surface area contributed by atoms with Crippen LogP contribution in [-0.4, -0.2) is 35.6 Å². The molecule has 0 aliphatic carbocycles. The first-order valence-electron chi connectivity index (χ1n) is 8.08. The molecule has 1 aromatic heterocycles. The second kappa shape index (κ2) is 8.49. The van der Waals surface area contributed by atoms with E-state index in [1.807, 2.05) is 16.9 Å². The van der Waals surface area contributed by atoms with Crippen molar-refractivity contribution < 1.29 is 18.7 Å². The Bertz CT molecular complexity index is 1050. The minimum Gasteiger partial charge on any atom is -0.465 e. The number of aryl methyl sites for hydroxylation is 1. The van der Waals surface area contributed by atoms with Crippen molar-refractivity contribution in [1.29, 1.82) is 0 Å². The molecule has 3 aromatic rings. The Morgan fingerprint density at radius 2 is 1.89 bits per heavy atom. The molecule has 0 aliphatic heterocycles. The summed E-state index contributed by atoms with van der Waals surface area (Å²) < 4.78 is 20.6. The number of ether oxygens (including phenoxy) is 1. The van der Waals surface area contributed by atoms with E-state index in [0.717, 1.165) is 16.0 Å². The van der Waals surface area contributed by atoms with E-state index in [4.69, 9.17) is 4.74 Å². The lowest BCUT2D eigenvalue weighted by Gasteiger charge is -2.04. The number of hydrogen-bond acceptors (Lipinski definition) is 5. The van der Waals surface area contributed by atoms with Crippen molar-refractivity contribution in [3.05, 3.63) is 64.2 Å². The van der Waals surface area contributed by atoms with E-state index in [1.165, 1.54) is 42.7 Å². The molecule has 0 aliphatic rings. The van der Waals surface area contributed by atoms with E-state index in [9.17, 15) is 14.0 Å². The number of aromatic nitrogens is 1. The quantitative estimate of drug-likeness (QED) is 0.608. The molecule has 0 radical (unpaired) electrons. The monoisotopic (exact) mass is 404 g/mol. The summed E-state index contributed by atoms with van der Waals surface area (Å²) in [5.74, 6) is -0.407. The third kappa shape index (κ3) is 4.28. The van der Waals surface area contributed by atoms with Gasteiger partial charge < -0.3 is 9.30 Å². The van der Waals surface area contributed by atoms with Gasteiger partial charge in [0.25, 0.3) is 5.91 Å². The lowest BCUT2D eigenvalue weighted by atomic mass is 10.2. The van der Waals surface area contributed by atoms with Crippen LogP contribution < -0.4 is 4.80 Å². The van der Waals surface area contributed by atoms with Gasteiger partial charge in [-0.1, -0.05) is 11.3 Å². The highest BCUT2D eigenvalue weighted by Crippen LogP contribution is 2.20. The van der Waals surface area contributed by atoms with Gasteiger partial charge in [-0.2, -0.15) is 16.8 Å². The number of methoxy groups -OCH3 is 1. The summed E-state index contributed by atoms with van der Waals surface area (Å²) in [4.78, 5) is 29.0. The minimum absolute atomic E-state index is 0.320. The molecule has 8 heteroatoms. The van der Waals surface area contributed by atoms with Crippen LogP contribution in [0.15, 0.2) is 47.5 Å². The summed E-state index contributed by atoms with van der Waals surface area (Å²) in [5, 5.41) is 0. The number of amides is 1. The molecule has 0 atom stereocenters. The fraction of sp³-hybridized carbons (Fsp3) is 0.211. The summed E-state index contributed by atoms with van der Waals surface area (Å²) in [5.41, 5.74) is 1.66. The molecule has 140 valence electrons. The highest BCUT2D eigenvalue weighted by Gasteiger charge is 2.12. The van der Waals surface area contributed by atoms with Gasteiger partial charge in [-0.25, -0.2) is 9.18 Å². The van der Waals surface area contributed by atoms with Gasteiger partial charge in [-0.15, -0.1) is 0 Å². The molecular weight excluding hydrogens is 387 g/mol. The lowest BCUT2D eigenvalue weighted by molar-refractivity contribution is 0.0601. The van der Waals surface area contributed by atoms with Gasteiger partial charge in [0.1, 0.15) is 5.82 Å². The van der Waals surface area contributed by atoms with Crippen LogP contribution in [-0.2, 0) is 11.3 Å². The Kier molecular flexibility index (Phi) is 6.08. The number of halogens is 1. The number of fused-ring (bicyclic) bond motifs is 1. The van der Waals surface area contributed by atoms with Crippen molar-refractivity contribution in [3.63, 3.8) is 0 Å². The normalized spacial score (nSPS) is 11.7. The van der Waals surface area contributed by atoms with Crippen LogP contribution in [0.1, 0.15) is 20.7 Å². The van der Waals surface area contributed by atoms with Gasteiger partial charge in [-0.3, -0.25) is 4.79 Å². The summed E-state index contributed by atoms with van der Waals surface area (Å²) in [6.07, 6.45) is 2.00. The molecule has 0 saturated heterocycles. The number of carbonyl (C=O) groups excluding carboxylic acids is 2. The van der Waals surface area contributed by atoms with Crippen molar-refractivity contribution in [2.75, 3.05) is 19.1 Å². The van der Waals surface area contributed by atoms with Gasteiger partial charge in [0, 0.05) is 17.9 Å². The highest BCUT2D eigenvalue weighted by atomic mass is 32.2. The number of thioether (sulfide) groups is 1. The molecule has 0 saturated carbocycles. The molecule has 1 heterocycles. The van der Waals surface area contributed by atoms with Crippen LogP contribution in [0.4, 0.5) is 4.39 Å². The van der Waals surface area contributed by atoms with E-state index in [1.54, 1.807) is 23.9 Å². The van der Waals surface area contributed by atoms with E-state index < -0.39 is 17.7 Å². The first-order valence-corrected chi connectivity index (χ1v) is 10.3. The van der Waals surface area contributed by atoms with Crippen molar-refractivity contribution in [1.82, 2.24) is 4.57 Å². The second-order valence-corrected chi connectivity index (χ2v) is 7.62. The van der Waals surface area contributed by atoms with Crippen molar-refractivity contribution >= 4 is 45.2 Å². The number of hydrogen-bond donors (Lipinski definition) is 0. The van der Waals surface area contributed by atoms with Crippen LogP contribution in [0.25, 0.3) is 10.2 Å². The molecule has 1 amide bonds. The molecule has 5 nitrogen and oxygen atoms in total. The van der Waals surface area contributed by atoms with Crippen LogP contribution in [0.5, 0.6) is 0 Å². The zero-order chi connectivity index (χ0) is 19.4. The molecule has 2 aromatic carbocycles. The summed E-state index contributed by atoms with van der Waals surface area (Å²) in [6, 6.07) is 10.6. The fourth-order valence-corrected chi connectivity index (χ4v) is 4.00. The Labute approximate surface area is 163 Å². The average molecular weight is 404 g/mol. The maximum Gasteiger partial charge on any atom is 0.337 e. The van der Waals surface area contributed by atoms with Gasteiger partial charge in [0.05, 0.1) is 22.9 Å². The van der Waals surface area contributed by atoms with E-state index >= 15 is 0 Å². The van der Waals surface area contributed by atoms with E-state index in [0.29, 0.717) is 22.5 Å². The van der Waals surface area contributed by atoms with E-state index in [2.05, 4.69) is 4.99 Å². The van der Waals surface area contributed by atoms with Gasteiger partial charge in [-0.05, 0) is 48.7 Å². The molecule has 0 bridgehead atoms. The number of carbonyl (C=O) groups is 2. The fourth-order valence-electron chi connectivity index (χ4n) is 2.55. The number of nitrogens with zero attached hydrogens (tertiary/aromatic N) is 2. The third-order valence-corrected chi connectivity index (χ3v) is 5.54. The topological polar surface area (TPSA) is 60.7 Å². The van der Waals surface area contributed by atoms with Crippen LogP contribution in [0.3, 0.4) is 0 Å². The number of rotatable bonds is 5. The number of esters is 1. The first kappa shape index (κ1) is 19.3. The molecule has 0 spiro atoms. The first-order chi connectivity index (χ1) is 13.0. The minimum atomic E-state index is -0.437. The van der Waals surface area contributed by atoms with Gasteiger partial charge >= 0.3 is 5.97 Å². The lowest BCUT2D eigenvalue weighted by Crippen LogP contribution is -2.18. The van der Waals surface area contributed by atoms with Crippen molar-refractivity contribution in [2.45, 2.75) is 6.54 Å². The highest BCUT2D eigenvalue weighted by molar-refractivity contribution is 7.98. The Morgan fingerprint density at radius 1 is 1.19 bits per heavy atom. The van der Waals surface area contributed by atoms with Crippen molar-refractivity contribution in [3.8, 4) is 0 Å². The summed E-state index contributed by atoms with van der Waals surface area (Å²) in [6.45, 7) is 0.675. The maximum absolute atomic E-state index is 13.1. The average Bonchev–Trinajstić information content (AvgIpc) is 3.02. The number of thiazole rings is 1. The molecule has 0 N–H and O–H groups in total. The largest absolute Gasteiger partial charge is 0.465 e. The predicted octanol–water partition coefficient (Wildman–Crippen LogP) is 3.73. The molecule has 27 heavy (non-hydrogen) atoms. The summed E-state index contributed by atoms with van der Waals surface area (Å²) >= 11 is 3.01. The molecule has 3 rings (SSSR count). The van der Waals surface area contributed by atoms with Crippen LogP contribution >= 0.6 is 23.1 Å². The third-order valence-electron chi connectivity index (χ3n) is 3.91. The molecule has 0 unspecified atom stereocenters. The van der Waals surface area contributed by atoms with Crippen LogP contribution in [0.2, 0.25) is 0 Å². The Morgan fingerprint density at radius 3 is 2.56 bits per heavy atom. The SMILES string of the molecule is COC(=O)c1ccc2c(c1)sc(=NC(=O)c1ccc(F)cc1)n2CCSC. The Hall–Kier alpha value is -2.45. The molecular formula is C19H17FN2O3S2. The number of benzene rings is 2. The predicted molar refractivity (Wildman–Crippen MR) is 106 cm³/mol. The van der Waals surface area contributed by atoms with Gasteiger partial charge in [0.15, 0.2) is 4.80 Å². The smallest absolute Gasteiger partial charge is 0.337 e. The summed E-state index contributed by atoms with van der Waals surface area (Å²) in [7, 11) is 1.34. The zero-order valence-corrected chi connectivity index (χ0v) is 16.4.